The molecule has 4 aromatic rings. The van der Waals surface area contributed by atoms with E-state index in [0.717, 1.165) is 11.4 Å². The second-order valence-corrected chi connectivity index (χ2v) is 7.05. The number of likely N-dealkylation sites (tertiary alicyclic amines) is 1. The van der Waals surface area contributed by atoms with E-state index in [9.17, 15) is 4.79 Å². The van der Waals surface area contributed by atoms with Gasteiger partial charge in [0.1, 0.15) is 23.7 Å². The van der Waals surface area contributed by atoms with Crippen LogP contribution in [0.15, 0.2) is 73.2 Å². The highest BCUT2D eigenvalue weighted by Gasteiger charge is 2.33. The Hall–Kier alpha value is -4.01. The van der Waals surface area contributed by atoms with E-state index in [1.54, 1.807) is 38.9 Å². The quantitative estimate of drug-likeness (QED) is 0.493. The average molecular weight is 401 g/mol. The smallest absolute Gasteiger partial charge is 0.254 e. The molecule has 0 saturated carbocycles. The maximum atomic E-state index is 12.7. The van der Waals surface area contributed by atoms with Crippen LogP contribution >= 0.6 is 0 Å². The highest BCUT2D eigenvalue weighted by atomic mass is 16.5. The minimum Gasteiger partial charge on any atom is -0.457 e. The molecule has 0 N–H and O–H groups in total. The first-order chi connectivity index (χ1) is 14.7. The molecule has 0 bridgehead atoms. The third-order valence-electron chi connectivity index (χ3n) is 4.93. The number of carbonyl (C=O) groups excluding carboxylic acids is 1. The van der Waals surface area contributed by atoms with Crippen LogP contribution in [0.3, 0.4) is 0 Å². The molecular formula is C21H19N7O2. The van der Waals surface area contributed by atoms with Gasteiger partial charge in [0.05, 0.1) is 24.6 Å². The molecule has 0 atom stereocenters. The summed E-state index contributed by atoms with van der Waals surface area (Å²) in [6, 6.07) is 16.9. The summed E-state index contributed by atoms with van der Waals surface area (Å²) in [6.07, 6.45) is 5.13. The summed E-state index contributed by atoms with van der Waals surface area (Å²) in [5.74, 6) is 1.46. The van der Waals surface area contributed by atoms with Gasteiger partial charge in [0, 0.05) is 18.7 Å². The number of para-hydroxylation sites is 1. The third kappa shape index (κ3) is 3.77. The van der Waals surface area contributed by atoms with Crippen molar-refractivity contribution in [1.82, 2.24) is 34.9 Å². The van der Waals surface area contributed by atoms with Gasteiger partial charge in [0.25, 0.3) is 5.91 Å². The van der Waals surface area contributed by atoms with Crippen molar-refractivity contribution in [2.45, 2.75) is 12.6 Å². The van der Waals surface area contributed by atoms with E-state index in [0.29, 0.717) is 30.9 Å². The molecule has 1 saturated heterocycles. The highest BCUT2D eigenvalue weighted by Crippen LogP contribution is 2.25. The molecule has 1 fully saturated rings. The van der Waals surface area contributed by atoms with Crippen LogP contribution in [0.2, 0.25) is 0 Å². The van der Waals surface area contributed by atoms with E-state index >= 15 is 0 Å². The predicted molar refractivity (Wildman–Crippen MR) is 107 cm³/mol. The van der Waals surface area contributed by atoms with E-state index in [2.05, 4.69) is 20.5 Å². The fourth-order valence-electron chi connectivity index (χ4n) is 3.30. The van der Waals surface area contributed by atoms with Crippen LogP contribution < -0.4 is 4.74 Å². The molecule has 0 aliphatic carbocycles. The molecule has 0 unspecified atom stereocenters. The molecule has 0 radical (unpaired) electrons. The summed E-state index contributed by atoms with van der Waals surface area (Å²) < 4.78 is 7.58. The first-order valence-electron chi connectivity index (χ1n) is 9.62. The van der Waals surface area contributed by atoms with Crippen molar-refractivity contribution < 1.29 is 9.53 Å². The zero-order chi connectivity index (χ0) is 20.3. The number of ether oxygens (including phenoxy) is 1. The molecule has 1 amide bonds. The predicted octanol–water partition coefficient (Wildman–Crippen LogP) is 2.41. The van der Waals surface area contributed by atoms with E-state index in [-0.39, 0.29) is 11.9 Å². The van der Waals surface area contributed by atoms with Crippen LogP contribution in [0.5, 0.6) is 11.5 Å². The topological polar surface area (TPSA) is 91.0 Å². The van der Waals surface area contributed by atoms with Gasteiger partial charge in [-0.2, -0.15) is 15.0 Å². The lowest BCUT2D eigenvalue weighted by molar-refractivity contribution is 0.0498. The number of hydrogen-bond acceptors (Lipinski definition) is 6. The van der Waals surface area contributed by atoms with Gasteiger partial charge in [-0.15, -0.1) is 5.10 Å². The van der Waals surface area contributed by atoms with E-state index < -0.39 is 0 Å². The first-order valence-corrected chi connectivity index (χ1v) is 9.62. The number of rotatable bonds is 6. The average Bonchev–Trinajstić information content (AvgIpc) is 3.41. The van der Waals surface area contributed by atoms with Crippen LogP contribution in [0, 0.1) is 0 Å². The molecule has 0 spiro atoms. The zero-order valence-electron chi connectivity index (χ0n) is 16.1. The number of amides is 1. The maximum absolute atomic E-state index is 12.7. The van der Waals surface area contributed by atoms with Gasteiger partial charge in [0.15, 0.2) is 0 Å². The van der Waals surface area contributed by atoms with Crippen molar-refractivity contribution in [3.05, 3.63) is 84.4 Å². The standard InChI is InChI=1S/C21H19N7O2/c29-21(16-6-8-20(9-7-16)30-19-4-2-1-3-5-19)26-14-18(15-26)27-12-17(24-25-27)13-28-22-10-11-23-28/h1-12,18H,13-15H2. The largest absolute Gasteiger partial charge is 0.457 e. The minimum absolute atomic E-state index is 0.00130. The maximum Gasteiger partial charge on any atom is 0.254 e. The lowest BCUT2D eigenvalue weighted by Gasteiger charge is -2.38. The van der Waals surface area contributed by atoms with Crippen molar-refractivity contribution in [2.24, 2.45) is 0 Å². The summed E-state index contributed by atoms with van der Waals surface area (Å²) in [6.45, 7) is 1.67. The number of carbonyl (C=O) groups is 1. The molecule has 30 heavy (non-hydrogen) atoms. The Balaban J connectivity index is 1.16. The Morgan fingerprint density at radius 3 is 2.40 bits per heavy atom. The Bertz CT molecular complexity index is 1120. The monoisotopic (exact) mass is 401 g/mol. The number of aromatic nitrogens is 6. The van der Waals surface area contributed by atoms with Crippen LogP contribution in [0.1, 0.15) is 22.1 Å². The molecule has 2 aromatic heterocycles. The molecule has 9 nitrogen and oxygen atoms in total. The lowest BCUT2D eigenvalue weighted by atomic mass is 10.1. The van der Waals surface area contributed by atoms with Gasteiger partial charge < -0.3 is 9.64 Å². The summed E-state index contributed by atoms with van der Waals surface area (Å²) >= 11 is 0. The van der Waals surface area contributed by atoms with E-state index in [1.807, 2.05) is 48.7 Å². The lowest BCUT2D eigenvalue weighted by Crippen LogP contribution is -2.50. The Morgan fingerprint density at radius 2 is 1.67 bits per heavy atom. The van der Waals surface area contributed by atoms with Gasteiger partial charge in [-0.3, -0.25) is 4.79 Å². The van der Waals surface area contributed by atoms with Crippen molar-refractivity contribution in [3.63, 3.8) is 0 Å². The molecule has 1 aliphatic heterocycles. The van der Waals surface area contributed by atoms with Crippen molar-refractivity contribution >= 4 is 5.91 Å². The van der Waals surface area contributed by atoms with Crippen molar-refractivity contribution in [1.29, 1.82) is 0 Å². The third-order valence-corrected chi connectivity index (χ3v) is 4.93. The highest BCUT2D eigenvalue weighted by molar-refractivity contribution is 5.94. The molecule has 150 valence electrons. The van der Waals surface area contributed by atoms with Gasteiger partial charge in [0.2, 0.25) is 0 Å². The minimum atomic E-state index is -0.00130. The molecule has 3 heterocycles. The number of benzene rings is 2. The van der Waals surface area contributed by atoms with Gasteiger partial charge >= 0.3 is 0 Å². The van der Waals surface area contributed by atoms with E-state index in [4.69, 9.17) is 4.74 Å². The van der Waals surface area contributed by atoms with E-state index in [1.165, 1.54) is 0 Å². The molecule has 9 heteroatoms. The van der Waals surface area contributed by atoms with Crippen LogP contribution in [0.25, 0.3) is 0 Å². The Kier molecular flexibility index (Phi) is 4.68. The normalized spacial score (nSPS) is 13.8. The molecule has 1 aliphatic rings. The first kappa shape index (κ1) is 18.0. The molecule has 2 aromatic carbocycles. The van der Waals surface area contributed by atoms with Gasteiger partial charge in [-0.05, 0) is 36.4 Å². The second-order valence-electron chi connectivity index (χ2n) is 7.05. The van der Waals surface area contributed by atoms with Crippen LogP contribution in [-0.2, 0) is 6.54 Å². The number of hydrogen-bond donors (Lipinski definition) is 0. The molecule has 5 rings (SSSR count). The van der Waals surface area contributed by atoms with Gasteiger partial charge in [-0.25, -0.2) is 4.68 Å². The number of nitrogens with zero attached hydrogens (tertiary/aromatic N) is 7. The summed E-state index contributed by atoms with van der Waals surface area (Å²) in [5, 5.41) is 16.5. The molecular weight excluding hydrogens is 382 g/mol. The summed E-state index contributed by atoms with van der Waals surface area (Å²) in [7, 11) is 0. The summed E-state index contributed by atoms with van der Waals surface area (Å²) in [5.41, 5.74) is 1.42. The Morgan fingerprint density at radius 1 is 0.967 bits per heavy atom. The fourth-order valence-corrected chi connectivity index (χ4v) is 3.30. The van der Waals surface area contributed by atoms with Crippen molar-refractivity contribution in [2.75, 3.05) is 13.1 Å². The van der Waals surface area contributed by atoms with Crippen molar-refractivity contribution in [3.8, 4) is 11.5 Å². The fraction of sp³-hybridized carbons (Fsp3) is 0.190. The SMILES string of the molecule is O=C(c1ccc(Oc2ccccc2)cc1)N1CC(n2cc(Cn3nccn3)nn2)C1. The summed E-state index contributed by atoms with van der Waals surface area (Å²) in [4.78, 5) is 16.1. The zero-order valence-corrected chi connectivity index (χ0v) is 16.1. The second kappa shape index (κ2) is 7.78. The van der Waals surface area contributed by atoms with Gasteiger partial charge in [-0.1, -0.05) is 23.4 Å². The van der Waals surface area contributed by atoms with Crippen LogP contribution in [-0.4, -0.2) is 53.9 Å². The van der Waals surface area contributed by atoms with Crippen LogP contribution in [0.4, 0.5) is 0 Å². The Labute approximate surface area is 172 Å².